The molecule has 0 radical (unpaired) electrons. The van der Waals surface area contributed by atoms with E-state index in [2.05, 4.69) is 0 Å². The lowest BCUT2D eigenvalue weighted by Crippen LogP contribution is -2.45. The fraction of sp³-hybridized carbons (Fsp3) is 0.889. The molecule has 7 heteroatoms. The molecule has 0 bridgehead atoms. The highest BCUT2D eigenvalue weighted by Gasteiger charge is 2.28. The maximum atomic E-state index is 11.9. The summed E-state index contributed by atoms with van der Waals surface area (Å²) in [6.07, 6.45) is 0. The van der Waals surface area contributed by atoms with Crippen molar-refractivity contribution < 1.29 is 13.2 Å². The normalized spacial score (nSPS) is 13.9. The van der Waals surface area contributed by atoms with Crippen LogP contribution in [-0.2, 0) is 14.8 Å². The number of nitrogens with zero attached hydrogens (tertiary/aromatic N) is 2. The molecule has 0 aromatic carbocycles. The summed E-state index contributed by atoms with van der Waals surface area (Å²) < 4.78 is 25.0. The van der Waals surface area contributed by atoms with E-state index < -0.39 is 15.3 Å². The lowest BCUT2D eigenvalue weighted by atomic mass is 10.5. The second kappa shape index (κ2) is 6.17. The topological polar surface area (TPSA) is 83.7 Å². The van der Waals surface area contributed by atoms with Gasteiger partial charge in [0.2, 0.25) is 15.9 Å². The van der Waals surface area contributed by atoms with Gasteiger partial charge in [-0.2, -0.15) is 4.31 Å². The van der Waals surface area contributed by atoms with Crippen LogP contribution >= 0.6 is 0 Å². The van der Waals surface area contributed by atoms with Gasteiger partial charge in [-0.1, -0.05) is 6.92 Å². The van der Waals surface area contributed by atoms with Gasteiger partial charge in [-0.3, -0.25) is 4.79 Å². The number of rotatable bonds is 6. The predicted molar refractivity (Wildman–Crippen MR) is 63.4 cm³/mol. The summed E-state index contributed by atoms with van der Waals surface area (Å²) >= 11 is 0. The quantitative estimate of drug-likeness (QED) is 0.661. The molecule has 0 heterocycles. The van der Waals surface area contributed by atoms with Crippen molar-refractivity contribution >= 4 is 15.9 Å². The zero-order valence-electron chi connectivity index (χ0n) is 10.3. The molecule has 96 valence electrons. The fourth-order valence-electron chi connectivity index (χ4n) is 1.05. The Labute approximate surface area is 97.4 Å². The SMILES string of the molecule is CCN(CC(=O)N(C)C)S(=O)(=O)C(C)CN. The van der Waals surface area contributed by atoms with Gasteiger partial charge in [-0.15, -0.1) is 0 Å². The van der Waals surface area contributed by atoms with Crippen molar-refractivity contribution in [3.05, 3.63) is 0 Å². The van der Waals surface area contributed by atoms with Crippen LogP contribution in [-0.4, -0.2) is 62.5 Å². The van der Waals surface area contributed by atoms with Gasteiger partial charge in [0, 0.05) is 27.2 Å². The molecule has 0 aliphatic carbocycles. The van der Waals surface area contributed by atoms with Crippen LogP contribution < -0.4 is 5.73 Å². The highest BCUT2D eigenvalue weighted by atomic mass is 32.2. The predicted octanol–water partition coefficient (Wildman–Crippen LogP) is -0.926. The monoisotopic (exact) mass is 251 g/mol. The number of sulfonamides is 1. The molecule has 0 aliphatic rings. The van der Waals surface area contributed by atoms with Crippen molar-refractivity contribution in [3.8, 4) is 0 Å². The van der Waals surface area contributed by atoms with Crippen molar-refractivity contribution in [2.75, 3.05) is 33.7 Å². The molecule has 0 fully saturated rings. The van der Waals surface area contributed by atoms with Gasteiger partial charge in [0.15, 0.2) is 0 Å². The van der Waals surface area contributed by atoms with Gasteiger partial charge in [0.1, 0.15) is 0 Å². The average Bonchev–Trinajstić information content (AvgIpc) is 2.23. The minimum Gasteiger partial charge on any atom is -0.348 e. The third-order valence-electron chi connectivity index (χ3n) is 2.36. The number of nitrogens with two attached hydrogens (primary N) is 1. The molecule has 0 aliphatic heterocycles. The van der Waals surface area contributed by atoms with Crippen LogP contribution in [0.15, 0.2) is 0 Å². The number of hydrogen-bond donors (Lipinski definition) is 1. The zero-order chi connectivity index (χ0) is 12.9. The van der Waals surface area contributed by atoms with E-state index in [0.29, 0.717) is 0 Å². The van der Waals surface area contributed by atoms with Crippen LogP contribution in [0, 0.1) is 0 Å². The number of carbonyl (C=O) groups excluding carboxylic acids is 1. The maximum Gasteiger partial charge on any atom is 0.237 e. The lowest BCUT2D eigenvalue weighted by Gasteiger charge is -2.24. The standard InChI is InChI=1S/C9H21N3O3S/c1-5-12(7-9(13)11(3)4)16(14,15)8(2)6-10/h8H,5-7,10H2,1-4H3. The van der Waals surface area contributed by atoms with Crippen molar-refractivity contribution in [3.63, 3.8) is 0 Å². The first-order valence-electron chi connectivity index (χ1n) is 5.16. The molecule has 0 saturated carbocycles. The molecule has 6 nitrogen and oxygen atoms in total. The zero-order valence-corrected chi connectivity index (χ0v) is 11.1. The molecule has 1 atom stereocenters. The van der Waals surface area contributed by atoms with Gasteiger partial charge >= 0.3 is 0 Å². The maximum absolute atomic E-state index is 11.9. The molecule has 0 rings (SSSR count). The van der Waals surface area contributed by atoms with Crippen molar-refractivity contribution in [1.29, 1.82) is 0 Å². The Kier molecular flexibility index (Phi) is 5.91. The third kappa shape index (κ3) is 3.73. The Hall–Kier alpha value is -0.660. The second-order valence-electron chi connectivity index (χ2n) is 3.81. The van der Waals surface area contributed by atoms with E-state index in [0.717, 1.165) is 4.31 Å². The first-order valence-corrected chi connectivity index (χ1v) is 6.66. The van der Waals surface area contributed by atoms with Gasteiger partial charge in [-0.05, 0) is 6.92 Å². The highest BCUT2D eigenvalue weighted by Crippen LogP contribution is 2.07. The summed E-state index contributed by atoms with van der Waals surface area (Å²) in [7, 11) is -0.284. The average molecular weight is 251 g/mol. The number of likely N-dealkylation sites (N-methyl/N-ethyl adjacent to an activating group) is 2. The second-order valence-corrected chi connectivity index (χ2v) is 6.16. The van der Waals surface area contributed by atoms with Crippen LogP contribution in [0.2, 0.25) is 0 Å². The highest BCUT2D eigenvalue weighted by molar-refractivity contribution is 7.89. The number of hydrogen-bond acceptors (Lipinski definition) is 4. The molecule has 0 aromatic rings. The Bertz CT molecular complexity index is 327. The van der Waals surface area contributed by atoms with E-state index in [4.69, 9.17) is 5.73 Å². The van der Waals surface area contributed by atoms with Crippen LogP contribution in [0.4, 0.5) is 0 Å². The summed E-state index contributed by atoms with van der Waals surface area (Å²) in [4.78, 5) is 12.8. The Balaban J connectivity index is 4.81. The van der Waals surface area contributed by atoms with E-state index in [1.54, 1.807) is 21.0 Å². The van der Waals surface area contributed by atoms with Gasteiger partial charge < -0.3 is 10.6 Å². The van der Waals surface area contributed by atoms with Crippen molar-refractivity contribution in [2.24, 2.45) is 5.73 Å². The summed E-state index contributed by atoms with van der Waals surface area (Å²) in [5.41, 5.74) is 5.34. The summed E-state index contributed by atoms with van der Waals surface area (Å²) in [5.74, 6) is -0.241. The molecule has 0 saturated heterocycles. The molecular formula is C9H21N3O3S. The first-order chi connectivity index (χ1) is 7.27. The van der Waals surface area contributed by atoms with Gasteiger partial charge in [0.05, 0.1) is 11.8 Å². The van der Waals surface area contributed by atoms with E-state index in [1.165, 1.54) is 11.8 Å². The molecule has 16 heavy (non-hydrogen) atoms. The Morgan fingerprint density at radius 3 is 2.19 bits per heavy atom. The number of amides is 1. The number of carbonyl (C=O) groups is 1. The summed E-state index contributed by atoms with van der Waals surface area (Å²) in [6.45, 7) is 3.43. The van der Waals surface area contributed by atoms with Crippen LogP contribution in [0.3, 0.4) is 0 Å². The van der Waals surface area contributed by atoms with Crippen molar-refractivity contribution in [1.82, 2.24) is 9.21 Å². The lowest BCUT2D eigenvalue weighted by molar-refractivity contribution is -0.128. The first kappa shape index (κ1) is 15.3. The molecule has 0 spiro atoms. The molecular weight excluding hydrogens is 230 g/mol. The largest absolute Gasteiger partial charge is 0.348 e. The van der Waals surface area contributed by atoms with E-state index in [-0.39, 0.29) is 25.5 Å². The van der Waals surface area contributed by atoms with Crippen LogP contribution in [0.25, 0.3) is 0 Å². The van der Waals surface area contributed by atoms with E-state index >= 15 is 0 Å². The van der Waals surface area contributed by atoms with Crippen molar-refractivity contribution in [2.45, 2.75) is 19.1 Å². The smallest absolute Gasteiger partial charge is 0.237 e. The minimum atomic E-state index is -3.47. The molecule has 1 unspecified atom stereocenters. The fourth-order valence-corrected chi connectivity index (χ4v) is 2.45. The Morgan fingerprint density at radius 1 is 1.38 bits per heavy atom. The molecule has 0 aromatic heterocycles. The third-order valence-corrected chi connectivity index (χ3v) is 4.68. The van der Waals surface area contributed by atoms with E-state index in [1.807, 2.05) is 0 Å². The minimum absolute atomic E-state index is 0.0506. The van der Waals surface area contributed by atoms with Gasteiger partial charge in [0.25, 0.3) is 0 Å². The molecule has 1 amide bonds. The van der Waals surface area contributed by atoms with Crippen LogP contribution in [0.1, 0.15) is 13.8 Å². The molecule has 2 N–H and O–H groups in total. The van der Waals surface area contributed by atoms with E-state index in [9.17, 15) is 13.2 Å². The summed E-state index contributed by atoms with van der Waals surface area (Å²) in [5, 5.41) is -0.664. The van der Waals surface area contributed by atoms with Crippen LogP contribution in [0.5, 0.6) is 0 Å². The van der Waals surface area contributed by atoms with Gasteiger partial charge in [-0.25, -0.2) is 8.42 Å². The summed E-state index contributed by atoms with van der Waals surface area (Å²) in [6, 6.07) is 0. The Morgan fingerprint density at radius 2 is 1.88 bits per heavy atom.